The maximum atomic E-state index is 13.1. The van der Waals surface area contributed by atoms with Crippen LogP contribution in [0.4, 0.5) is 5.00 Å². The number of amides is 1. The summed E-state index contributed by atoms with van der Waals surface area (Å²) in [6.45, 7) is 4.45. The number of nitrogens with one attached hydrogen (secondary N) is 2. The SMILES string of the molecule is CCn1cc(C2CC(C(=O)Nc3sc4c(c3C#N)CCC4)N(C)S(=O)(=O)N2)c(C)n1. The monoisotopic (exact) mass is 448 g/mol. The Morgan fingerprint density at radius 1 is 1.47 bits per heavy atom. The van der Waals surface area contributed by atoms with Gasteiger partial charge in [0.2, 0.25) is 5.91 Å². The van der Waals surface area contributed by atoms with Crippen molar-refractivity contribution in [3.05, 3.63) is 33.5 Å². The summed E-state index contributed by atoms with van der Waals surface area (Å²) in [6.07, 6.45) is 4.86. The van der Waals surface area contributed by atoms with Gasteiger partial charge in [0.05, 0.1) is 17.3 Å². The number of thiophene rings is 1. The average Bonchev–Trinajstić information content (AvgIpc) is 3.37. The number of carbonyl (C=O) groups excluding carboxylic acids is 1. The van der Waals surface area contributed by atoms with Gasteiger partial charge in [-0.1, -0.05) is 0 Å². The molecule has 2 aromatic heterocycles. The van der Waals surface area contributed by atoms with Crippen molar-refractivity contribution in [1.29, 1.82) is 5.26 Å². The highest BCUT2D eigenvalue weighted by Crippen LogP contribution is 2.39. The summed E-state index contributed by atoms with van der Waals surface area (Å²) in [5, 5.41) is 17.3. The van der Waals surface area contributed by atoms with Gasteiger partial charge < -0.3 is 5.32 Å². The molecule has 1 aliphatic carbocycles. The summed E-state index contributed by atoms with van der Waals surface area (Å²) in [5.41, 5.74) is 3.02. The van der Waals surface area contributed by atoms with Crippen LogP contribution in [0.2, 0.25) is 0 Å². The standard InChI is InChI=1S/C19H24N6O3S2/c1-4-25-10-14(11(2)22-25)15-8-16(24(3)30(27,28)23-15)18(26)21-19-13(9-20)12-6-5-7-17(12)29-19/h10,15-16,23H,4-8H2,1-3H3,(H,21,26). The van der Waals surface area contributed by atoms with Gasteiger partial charge in [0.1, 0.15) is 17.1 Å². The Bertz CT molecular complexity index is 1140. The third kappa shape index (κ3) is 3.54. The molecule has 3 heterocycles. The fourth-order valence-electron chi connectivity index (χ4n) is 4.16. The molecule has 2 aromatic rings. The summed E-state index contributed by atoms with van der Waals surface area (Å²) < 4.78 is 30.9. The molecule has 0 aromatic carbocycles. The van der Waals surface area contributed by atoms with Crippen LogP contribution in [0.25, 0.3) is 0 Å². The zero-order valence-corrected chi connectivity index (χ0v) is 18.7. The molecule has 160 valence electrons. The molecule has 1 aliphatic heterocycles. The molecule has 1 saturated heterocycles. The molecule has 2 unspecified atom stereocenters. The van der Waals surface area contributed by atoms with Gasteiger partial charge in [-0.25, -0.2) is 0 Å². The molecule has 0 spiro atoms. The Balaban J connectivity index is 1.61. The van der Waals surface area contributed by atoms with Gasteiger partial charge in [-0.2, -0.15) is 27.8 Å². The summed E-state index contributed by atoms with van der Waals surface area (Å²) in [6, 6.07) is 0.759. The summed E-state index contributed by atoms with van der Waals surface area (Å²) in [7, 11) is -2.45. The fourth-order valence-corrected chi connectivity index (χ4v) is 6.66. The van der Waals surface area contributed by atoms with E-state index in [1.54, 1.807) is 4.68 Å². The maximum absolute atomic E-state index is 13.1. The smallest absolute Gasteiger partial charge is 0.280 e. The number of fused-ring (bicyclic) bond motifs is 1. The number of nitriles is 1. The second-order valence-corrected chi connectivity index (χ2v) is 10.5. The highest BCUT2D eigenvalue weighted by Gasteiger charge is 2.42. The van der Waals surface area contributed by atoms with E-state index in [2.05, 4.69) is 21.2 Å². The van der Waals surface area contributed by atoms with Crippen molar-refractivity contribution in [1.82, 2.24) is 18.8 Å². The predicted octanol–water partition coefficient (Wildman–Crippen LogP) is 1.85. The molecule has 1 amide bonds. The highest BCUT2D eigenvalue weighted by molar-refractivity contribution is 7.87. The zero-order valence-electron chi connectivity index (χ0n) is 17.1. The van der Waals surface area contributed by atoms with Gasteiger partial charge in [0.15, 0.2) is 0 Å². The van der Waals surface area contributed by atoms with Crippen LogP contribution in [-0.4, -0.2) is 41.5 Å². The number of nitrogens with zero attached hydrogens (tertiary/aromatic N) is 4. The van der Waals surface area contributed by atoms with Crippen LogP contribution in [-0.2, 0) is 34.4 Å². The van der Waals surface area contributed by atoms with Gasteiger partial charge in [0, 0.05) is 30.2 Å². The number of rotatable bonds is 4. The molecule has 0 saturated carbocycles. The first-order chi connectivity index (χ1) is 14.2. The molecule has 0 radical (unpaired) electrons. The van der Waals surface area contributed by atoms with E-state index in [9.17, 15) is 18.5 Å². The predicted molar refractivity (Wildman–Crippen MR) is 113 cm³/mol. The van der Waals surface area contributed by atoms with Gasteiger partial charge in [-0.05, 0) is 45.1 Å². The molecule has 2 N–H and O–H groups in total. The van der Waals surface area contributed by atoms with Gasteiger partial charge >= 0.3 is 0 Å². The van der Waals surface area contributed by atoms with E-state index in [4.69, 9.17) is 0 Å². The van der Waals surface area contributed by atoms with Crippen LogP contribution in [0.1, 0.15) is 53.1 Å². The van der Waals surface area contributed by atoms with E-state index in [1.807, 2.05) is 20.0 Å². The van der Waals surface area contributed by atoms with E-state index in [-0.39, 0.29) is 6.42 Å². The van der Waals surface area contributed by atoms with Crippen molar-refractivity contribution in [3.63, 3.8) is 0 Å². The number of hydrogen-bond acceptors (Lipinski definition) is 6. The lowest BCUT2D eigenvalue weighted by atomic mass is 10.00. The van der Waals surface area contributed by atoms with E-state index >= 15 is 0 Å². The number of aromatic nitrogens is 2. The average molecular weight is 449 g/mol. The zero-order chi connectivity index (χ0) is 21.6. The first-order valence-electron chi connectivity index (χ1n) is 9.89. The Morgan fingerprint density at radius 2 is 2.23 bits per heavy atom. The van der Waals surface area contributed by atoms with Crippen LogP contribution in [0, 0.1) is 18.3 Å². The number of carbonyl (C=O) groups is 1. The van der Waals surface area contributed by atoms with Gasteiger partial charge in [-0.3, -0.25) is 9.48 Å². The van der Waals surface area contributed by atoms with Crippen LogP contribution < -0.4 is 10.0 Å². The van der Waals surface area contributed by atoms with Crippen molar-refractivity contribution in [3.8, 4) is 6.07 Å². The summed E-state index contributed by atoms with van der Waals surface area (Å²) >= 11 is 1.42. The minimum Gasteiger partial charge on any atom is -0.315 e. The largest absolute Gasteiger partial charge is 0.315 e. The normalized spacial score (nSPS) is 23.1. The van der Waals surface area contributed by atoms with Crippen molar-refractivity contribution in [2.75, 3.05) is 12.4 Å². The lowest BCUT2D eigenvalue weighted by Crippen LogP contribution is -2.56. The lowest BCUT2D eigenvalue weighted by Gasteiger charge is -2.35. The first-order valence-corrected chi connectivity index (χ1v) is 12.2. The lowest BCUT2D eigenvalue weighted by molar-refractivity contribution is -0.120. The van der Waals surface area contributed by atoms with Crippen LogP contribution in [0.5, 0.6) is 0 Å². The number of likely N-dealkylation sites (N-methyl/N-ethyl adjacent to an activating group) is 1. The number of aryl methyl sites for hydroxylation is 3. The third-order valence-electron chi connectivity index (χ3n) is 5.82. The molecule has 1 fully saturated rings. The quantitative estimate of drug-likeness (QED) is 0.740. The third-order valence-corrected chi connectivity index (χ3v) is 8.63. The van der Waals surface area contributed by atoms with Crippen molar-refractivity contribution in [2.45, 2.75) is 58.2 Å². The Kier molecular flexibility index (Phi) is 5.44. The molecule has 2 aliphatic rings. The molecule has 30 heavy (non-hydrogen) atoms. The van der Waals surface area contributed by atoms with Crippen molar-refractivity contribution in [2.24, 2.45) is 0 Å². The highest BCUT2D eigenvalue weighted by atomic mass is 32.2. The Hall–Kier alpha value is -2.26. The topological polar surface area (TPSA) is 120 Å². The van der Waals surface area contributed by atoms with Crippen LogP contribution >= 0.6 is 11.3 Å². The molecule has 11 heteroatoms. The van der Waals surface area contributed by atoms with E-state index in [1.165, 1.54) is 18.4 Å². The molecule has 2 atom stereocenters. The fraction of sp³-hybridized carbons (Fsp3) is 0.526. The van der Waals surface area contributed by atoms with Crippen molar-refractivity contribution >= 4 is 32.5 Å². The number of hydrogen-bond donors (Lipinski definition) is 2. The van der Waals surface area contributed by atoms with E-state index < -0.39 is 28.2 Å². The van der Waals surface area contributed by atoms with Crippen LogP contribution in [0.15, 0.2) is 6.20 Å². The second-order valence-electron chi connectivity index (χ2n) is 7.63. The van der Waals surface area contributed by atoms with E-state index in [0.717, 1.165) is 45.3 Å². The Morgan fingerprint density at radius 3 is 2.90 bits per heavy atom. The summed E-state index contributed by atoms with van der Waals surface area (Å²) in [5.74, 6) is -0.426. The molecule has 0 bridgehead atoms. The molecular weight excluding hydrogens is 424 g/mol. The summed E-state index contributed by atoms with van der Waals surface area (Å²) in [4.78, 5) is 14.2. The van der Waals surface area contributed by atoms with E-state index in [0.29, 0.717) is 17.1 Å². The van der Waals surface area contributed by atoms with Crippen LogP contribution in [0.3, 0.4) is 0 Å². The Labute approximate surface area is 179 Å². The minimum absolute atomic E-state index is 0.269. The number of anilines is 1. The molecular formula is C19H24N6O3S2. The molecule has 9 nitrogen and oxygen atoms in total. The maximum Gasteiger partial charge on any atom is 0.280 e. The molecule has 4 rings (SSSR count). The minimum atomic E-state index is -3.85. The van der Waals surface area contributed by atoms with Crippen molar-refractivity contribution < 1.29 is 13.2 Å². The second kappa shape index (κ2) is 7.77. The van der Waals surface area contributed by atoms with Gasteiger partial charge in [-0.15, -0.1) is 11.3 Å². The van der Waals surface area contributed by atoms with Gasteiger partial charge in [0.25, 0.3) is 10.2 Å². The first kappa shape index (κ1) is 21.0.